The van der Waals surface area contributed by atoms with E-state index in [9.17, 15) is 0 Å². The molecule has 4 nitrogen and oxygen atoms in total. The smallest absolute Gasteiger partial charge is 0.123 e. The summed E-state index contributed by atoms with van der Waals surface area (Å²) in [4.78, 5) is 0. The maximum absolute atomic E-state index is 8.83. The third-order valence-electron chi connectivity index (χ3n) is 2.49. The van der Waals surface area contributed by atoms with Crippen LogP contribution in [0.5, 0.6) is 5.75 Å². The van der Waals surface area contributed by atoms with Gasteiger partial charge in [-0.25, -0.2) is 0 Å². The van der Waals surface area contributed by atoms with E-state index in [0.29, 0.717) is 12.1 Å². The number of aliphatic hydroxyl groups is 1. The van der Waals surface area contributed by atoms with E-state index in [1.54, 1.807) is 13.2 Å². The molecule has 92 valence electrons. The number of unbranched alkanes of at least 4 members (excludes halogenated alkanes) is 1. The van der Waals surface area contributed by atoms with Crippen molar-refractivity contribution in [2.24, 2.45) is 0 Å². The van der Waals surface area contributed by atoms with Gasteiger partial charge in [-0.15, -0.1) is 0 Å². The molecule has 17 heavy (non-hydrogen) atoms. The second-order valence-electron chi connectivity index (χ2n) is 3.75. The molecule has 0 aliphatic rings. The fourth-order valence-electron chi connectivity index (χ4n) is 1.57. The van der Waals surface area contributed by atoms with Crippen molar-refractivity contribution in [2.45, 2.75) is 19.4 Å². The van der Waals surface area contributed by atoms with Crippen molar-refractivity contribution in [2.75, 3.05) is 20.3 Å². The number of benzene rings is 1. The van der Waals surface area contributed by atoms with E-state index in [1.807, 2.05) is 12.1 Å². The number of nitrogens with zero attached hydrogens (tertiary/aromatic N) is 1. The number of aliphatic hydroxyl groups excluding tert-OH is 1. The van der Waals surface area contributed by atoms with Crippen LogP contribution >= 0.6 is 0 Å². The van der Waals surface area contributed by atoms with Crippen LogP contribution in [0.1, 0.15) is 24.0 Å². The summed E-state index contributed by atoms with van der Waals surface area (Å²) in [6.45, 7) is 1.75. The van der Waals surface area contributed by atoms with Crippen LogP contribution in [0.25, 0.3) is 0 Å². The minimum atomic E-state index is 0.231. The first-order chi connectivity index (χ1) is 8.31. The second-order valence-corrected chi connectivity index (χ2v) is 3.75. The SMILES string of the molecule is COc1ccc(C#N)cc1CNCCCCO. The Morgan fingerprint density at radius 3 is 2.88 bits per heavy atom. The Kier molecular flexibility index (Phi) is 6.08. The Balaban J connectivity index is 2.53. The zero-order valence-corrected chi connectivity index (χ0v) is 10.1. The van der Waals surface area contributed by atoms with Gasteiger partial charge >= 0.3 is 0 Å². The van der Waals surface area contributed by atoms with Gasteiger partial charge in [0.25, 0.3) is 0 Å². The van der Waals surface area contributed by atoms with Crippen molar-refractivity contribution in [3.8, 4) is 11.8 Å². The Labute approximate surface area is 102 Å². The highest BCUT2D eigenvalue weighted by atomic mass is 16.5. The topological polar surface area (TPSA) is 65.3 Å². The third-order valence-corrected chi connectivity index (χ3v) is 2.49. The molecule has 0 spiro atoms. The first kappa shape index (κ1) is 13.5. The molecule has 1 aromatic rings. The zero-order valence-electron chi connectivity index (χ0n) is 10.1. The van der Waals surface area contributed by atoms with Crippen LogP contribution in [0.4, 0.5) is 0 Å². The summed E-state index contributed by atoms with van der Waals surface area (Å²) >= 11 is 0. The van der Waals surface area contributed by atoms with Gasteiger partial charge in [-0.2, -0.15) is 5.26 Å². The van der Waals surface area contributed by atoms with Gasteiger partial charge < -0.3 is 15.2 Å². The number of hydrogen-bond donors (Lipinski definition) is 2. The molecule has 0 saturated heterocycles. The predicted octanol–water partition coefficient (Wildman–Crippen LogP) is 1.43. The molecule has 0 heterocycles. The molecule has 0 saturated carbocycles. The number of nitriles is 1. The summed E-state index contributed by atoms with van der Waals surface area (Å²) in [6, 6.07) is 7.50. The maximum Gasteiger partial charge on any atom is 0.123 e. The van der Waals surface area contributed by atoms with Gasteiger partial charge in [-0.1, -0.05) is 0 Å². The molecule has 1 aromatic carbocycles. The van der Waals surface area contributed by atoms with Crippen LogP contribution in [0.2, 0.25) is 0 Å². The molecule has 0 atom stereocenters. The lowest BCUT2D eigenvalue weighted by Gasteiger charge is -2.09. The second kappa shape index (κ2) is 7.66. The monoisotopic (exact) mass is 234 g/mol. The molecule has 1 rings (SSSR count). The molecule has 0 radical (unpaired) electrons. The standard InChI is InChI=1S/C13H18N2O2/c1-17-13-5-4-11(9-14)8-12(13)10-15-6-2-3-7-16/h4-5,8,15-16H,2-3,6-7,10H2,1H3. The van der Waals surface area contributed by atoms with E-state index in [4.69, 9.17) is 15.1 Å². The molecule has 0 aromatic heterocycles. The van der Waals surface area contributed by atoms with Gasteiger partial charge in [0.1, 0.15) is 5.75 Å². The van der Waals surface area contributed by atoms with Crippen molar-refractivity contribution >= 4 is 0 Å². The lowest BCUT2D eigenvalue weighted by molar-refractivity contribution is 0.283. The lowest BCUT2D eigenvalue weighted by atomic mass is 10.1. The number of nitrogens with one attached hydrogen (secondary N) is 1. The third kappa shape index (κ3) is 4.43. The highest BCUT2D eigenvalue weighted by Gasteiger charge is 2.03. The van der Waals surface area contributed by atoms with E-state index in [2.05, 4.69) is 11.4 Å². The summed E-state index contributed by atoms with van der Waals surface area (Å²) in [5, 5.41) is 20.7. The van der Waals surface area contributed by atoms with Crippen molar-refractivity contribution in [1.82, 2.24) is 5.32 Å². The number of hydrogen-bond acceptors (Lipinski definition) is 4. The minimum absolute atomic E-state index is 0.231. The minimum Gasteiger partial charge on any atom is -0.496 e. The molecule has 0 aliphatic heterocycles. The van der Waals surface area contributed by atoms with Crippen LogP contribution in [0, 0.1) is 11.3 Å². The van der Waals surface area contributed by atoms with Crippen LogP contribution < -0.4 is 10.1 Å². The summed E-state index contributed by atoms with van der Waals surface area (Å²) < 4.78 is 5.23. The van der Waals surface area contributed by atoms with Crippen LogP contribution in [-0.2, 0) is 6.54 Å². The first-order valence-corrected chi connectivity index (χ1v) is 5.70. The largest absolute Gasteiger partial charge is 0.496 e. The molecule has 0 bridgehead atoms. The van der Waals surface area contributed by atoms with Gasteiger partial charge in [0, 0.05) is 18.7 Å². The van der Waals surface area contributed by atoms with Crippen LogP contribution in [0.15, 0.2) is 18.2 Å². The fourth-order valence-corrected chi connectivity index (χ4v) is 1.57. The van der Waals surface area contributed by atoms with E-state index in [1.165, 1.54) is 0 Å². The average Bonchev–Trinajstić information content (AvgIpc) is 2.38. The van der Waals surface area contributed by atoms with Gasteiger partial charge in [0.2, 0.25) is 0 Å². The maximum atomic E-state index is 8.83. The normalized spacial score (nSPS) is 9.94. The van der Waals surface area contributed by atoms with Gasteiger partial charge in [0.15, 0.2) is 0 Å². The van der Waals surface area contributed by atoms with Crippen molar-refractivity contribution in [3.05, 3.63) is 29.3 Å². The zero-order chi connectivity index (χ0) is 12.5. The molecular weight excluding hydrogens is 216 g/mol. The summed E-state index contributed by atoms with van der Waals surface area (Å²) in [7, 11) is 1.62. The molecular formula is C13H18N2O2. The van der Waals surface area contributed by atoms with Crippen molar-refractivity contribution in [3.63, 3.8) is 0 Å². The van der Waals surface area contributed by atoms with Crippen LogP contribution in [0.3, 0.4) is 0 Å². The van der Waals surface area contributed by atoms with Crippen molar-refractivity contribution in [1.29, 1.82) is 5.26 Å². The quantitative estimate of drug-likeness (QED) is 0.700. The van der Waals surface area contributed by atoms with E-state index in [-0.39, 0.29) is 6.61 Å². The van der Waals surface area contributed by atoms with E-state index in [0.717, 1.165) is 30.7 Å². The lowest BCUT2D eigenvalue weighted by Crippen LogP contribution is -2.15. The van der Waals surface area contributed by atoms with Crippen molar-refractivity contribution < 1.29 is 9.84 Å². The Morgan fingerprint density at radius 1 is 1.41 bits per heavy atom. The molecule has 0 amide bonds. The number of ether oxygens (including phenoxy) is 1. The molecule has 0 fully saturated rings. The molecule has 4 heteroatoms. The van der Waals surface area contributed by atoms with Gasteiger partial charge in [-0.05, 0) is 37.6 Å². The van der Waals surface area contributed by atoms with E-state index >= 15 is 0 Å². The van der Waals surface area contributed by atoms with E-state index < -0.39 is 0 Å². The Hall–Kier alpha value is -1.57. The summed E-state index contributed by atoms with van der Waals surface area (Å²) in [5.41, 5.74) is 1.62. The average molecular weight is 234 g/mol. The van der Waals surface area contributed by atoms with Crippen LogP contribution in [-0.4, -0.2) is 25.4 Å². The van der Waals surface area contributed by atoms with Gasteiger partial charge in [-0.3, -0.25) is 0 Å². The molecule has 2 N–H and O–H groups in total. The number of rotatable bonds is 7. The molecule has 0 aliphatic carbocycles. The molecule has 0 unspecified atom stereocenters. The summed E-state index contributed by atoms with van der Waals surface area (Å²) in [5.74, 6) is 0.790. The highest BCUT2D eigenvalue weighted by Crippen LogP contribution is 2.19. The Bertz CT molecular complexity index is 385. The number of methoxy groups -OCH3 is 1. The predicted molar refractivity (Wildman–Crippen MR) is 65.7 cm³/mol. The van der Waals surface area contributed by atoms with Gasteiger partial charge in [0.05, 0.1) is 18.7 Å². The summed E-state index contributed by atoms with van der Waals surface area (Å²) in [6.07, 6.45) is 1.75. The highest BCUT2D eigenvalue weighted by molar-refractivity contribution is 5.41. The first-order valence-electron chi connectivity index (χ1n) is 5.70. The Morgan fingerprint density at radius 2 is 2.24 bits per heavy atom. The fraction of sp³-hybridized carbons (Fsp3) is 0.462.